The second-order valence-corrected chi connectivity index (χ2v) is 7.54. The first-order valence-corrected chi connectivity index (χ1v) is 10.0. The average Bonchev–Trinajstić information content (AvgIpc) is 3.03. The van der Waals surface area contributed by atoms with Crippen molar-refractivity contribution in [2.45, 2.75) is 25.5 Å². The number of hydrogen-bond donors (Lipinski definition) is 2. The fourth-order valence-corrected chi connectivity index (χ4v) is 3.66. The molecule has 2 aromatic carbocycles. The number of para-hydroxylation sites is 1. The third kappa shape index (κ3) is 5.45. The van der Waals surface area contributed by atoms with E-state index in [1.807, 2.05) is 31.2 Å². The summed E-state index contributed by atoms with van der Waals surface area (Å²) in [6.07, 6.45) is 0.0168. The maximum absolute atomic E-state index is 12.3. The number of carbonyl (C=O) groups is 3. The van der Waals surface area contributed by atoms with Crippen molar-refractivity contribution in [3.8, 4) is 0 Å². The molecule has 0 saturated carbocycles. The van der Waals surface area contributed by atoms with Crippen LogP contribution < -0.4 is 10.6 Å². The lowest BCUT2D eigenvalue weighted by Crippen LogP contribution is -2.28. The average molecular weight is 411 g/mol. The van der Waals surface area contributed by atoms with Gasteiger partial charge < -0.3 is 15.4 Å². The number of aliphatic imine (C=N–C) groups is 1. The first-order valence-electron chi connectivity index (χ1n) is 9.15. The Labute approximate surface area is 172 Å². The van der Waals surface area contributed by atoms with Gasteiger partial charge in [0.05, 0.1) is 17.9 Å². The lowest BCUT2D eigenvalue weighted by Gasteiger charge is -2.08. The van der Waals surface area contributed by atoms with Crippen LogP contribution in [0.3, 0.4) is 0 Å². The van der Waals surface area contributed by atoms with E-state index < -0.39 is 11.2 Å². The molecule has 1 saturated heterocycles. The molecule has 1 fully saturated rings. The Morgan fingerprint density at radius 3 is 2.59 bits per heavy atom. The van der Waals surface area contributed by atoms with Crippen LogP contribution in [0.2, 0.25) is 0 Å². The molecule has 2 amide bonds. The highest BCUT2D eigenvalue weighted by Gasteiger charge is 2.32. The number of carbonyl (C=O) groups excluding carboxylic acids is 3. The van der Waals surface area contributed by atoms with Crippen LogP contribution in [-0.2, 0) is 14.3 Å². The molecular formula is C21H21N3O4S. The summed E-state index contributed by atoms with van der Waals surface area (Å²) in [5, 5.41) is 5.40. The van der Waals surface area contributed by atoms with Crippen LogP contribution in [0, 0.1) is 6.92 Å². The summed E-state index contributed by atoms with van der Waals surface area (Å²) in [6.45, 7) is 3.98. The number of amides is 2. The molecule has 29 heavy (non-hydrogen) atoms. The summed E-state index contributed by atoms with van der Waals surface area (Å²) in [4.78, 5) is 40.6. The molecule has 7 nitrogen and oxygen atoms in total. The Hall–Kier alpha value is -3.13. The van der Waals surface area contributed by atoms with E-state index >= 15 is 0 Å². The number of amidine groups is 1. The molecule has 2 aromatic rings. The van der Waals surface area contributed by atoms with Gasteiger partial charge in [-0.3, -0.25) is 9.59 Å². The highest BCUT2D eigenvalue weighted by Crippen LogP contribution is 2.27. The SMILES string of the molecule is CCOC(=O)c1ccc(NC(=O)C[C@@H]2SC(=Nc3ccccc3C)NC2=O)cc1. The van der Waals surface area contributed by atoms with Gasteiger partial charge in [-0.15, -0.1) is 0 Å². The van der Waals surface area contributed by atoms with Crippen LogP contribution in [0.5, 0.6) is 0 Å². The first kappa shape index (κ1) is 20.6. The minimum Gasteiger partial charge on any atom is -0.462 e. The summed E-state index contributed by atoms with van der Waals surface area (Å²) in [6, 6.07) is 14.0. The maximum Gasteiger partial charge on any atom is 0.338 e. The molecule has 3 rings (SSSR count). The molecule has 0 spiro atoms. The number of hydrogen-bond acceptors (Lipinski definition) is 6. The van der Waals surface area contributed by atoms with Crippen molar-refractivity contribution in [1.29, 1.82) is 0 Å². The van der Waals surface area contributed by atoms with Crippen LogP contribution in [0.25, 0.3) is 0 Å². The van der Waals surface area contributed by atoms with Gasteiger partial charge in [-0.1, -0.05) is 30.0 Å². The van der Waals surface area contributed by atoms with Gasteiger partial charge in [0.25, 0.3) is 0 Å². The second kappa shape index (κ2) is 9.38. The third-order valence-electron chi connectivity index (χ3n) is 4.16. The lowest BCUT2D eigenvalue weighted by atomic mass is 10.2. The Kier molecular flexibility index (Phi) is 6.66. The first-order chi connectivity index (χ1) is 14.0. The van der Waals surface area contributed by atoms with E-state index in [1.54, 1.807) is 31.2 Å². The van der Waals surface area contributed by atoms with Crippen molar-refractivity contribution >= 4 is 46.1 Å². The van der Waals surface area contributed by atoms with Gasteiger partial charge in [0, 0.05) is 12.1 Å². The molecule has 0 bridgehead atoms. The normalized spacial score (nSPS) is 17.1. The molecule has 0 radical (unpaired) electrons. The predicted molar refractivity (Wildman–Crippen MR) is 113 cm³/mol. The molecule has 0 aromatic heterocycles. The summed E-state index contributed by atoms with van der Waals surface area (Å²) < 4.78 is 4.92. The summed E-state index contributed by atoms with van der Waals surface area (Å²) >= 11 is 1.24. The van der Waals surface area contributed by atoms with Crippen LogP contribution in [0.1, 0.15) is 29.3 Å². The zero-order valence-corrected chi connectivity index (χ0v) is 16.9. The van der Waals surface area contributed by atoms with Gasteiger partial charge in [0.15, 0.2) is 5.17 Å². The number of nitrogens with one attached hydrogen (secondary N) is 2. The number of anilines is 1. The third-order valence-corrected chi connectivity index (χ3v) is 5.25. The Balaban J connectivity index is 1.57. The zero-order valence-electron chi connectivity index (χ0n) is 16.1. The summed E-state index contributed by atoms with van der Waals surface area (Å²) in [5.74, 6) is -0.946. The van der Waals surface area contributed by atoms with Crippen molar-refractivity contribution in [3.05, 3.63) is 59.7 Å². The van der Waals surface area contributed by atoms with Crippen molar-refractivity contribution in [1.82, 2.24) is 5.32 Å². The number of aryl methyl sites for hydroxylation is 1. The quantitative estimate of drug-likeness (QED) is 0.710. The van der Waals surface area contributed by atoms with E-state index in [9.17, 15) is 14.4 Å². The van der Waals surface area contributed by atoms with E-state index in [0.29, 0.717) is 23.0 Å². The lowest BCUT2D eigenvalue weighted by molar-refractivity contribution is -0.122. The maximum atomic E-state index is 12.3. The smallest absolute Gasteiger partial charge is 0.338 e. The summed E-state index contributed by atoms with van der Waals surface area (Å²) in [7, 11) is 0. The Bertz CT molecular complexity index is 957. The molecule has 1 aliphatic heterocycles. The van der Waals surface area contributed by atoms with E-state index in [-0.39, 0.29) is 18.2 Å². The number of thioether (sulfide) groups is 1. The number of nitrogens with zero attached hydrogens (tertiary/aromatic N) is 1. The highest BCUT2D eigenvalue weighted by molar-refractivity contribution is 8.15. The number of rotatable bonds is 6. The van der Waals surface area contributed by atoms with Crippen molar-refractivity contribution in [2.24, 2.45) is 4.99 Å². The highest BCUT2D eigenvalue weighted by atomic mass is 32.2. The van der Waals surface area contributed by atoms with Crippen LogP contribution in [0.4, 0.5) is 11.4 Å². The number of ether oxygens (including phenoxy) is 1. The van der Waals surface area contributed by atoms with E-state index in [4.69, 9.17) is 4.74 Å². The number of benzene rings is 2. The Morgan fingerprint density at radius 2 is 1.90 bits per heavy atom. The van der Waals surface area contributed by atoms with Gasteiger partial charge in [-0.05, 0) is 49.7 Å². The van der Waals surface area contributed by atoms with Gasteiger partial charge in [-0.2, -0.15) is 0 Å². The zero-order chi connectivity index (χ0) is 20.8. The van der Waals surface area contributed by atoms with Gasteiger partial charge >= 0.3 is 5.97 Å². The molecule has 150 valence electrons. The molecule has 8 heteroatoms. The monoisotopic (exact) mass is 411 g/mol. The summed E-state index contributed by atoms with van der Waals surface area (Å²) in [5.41, 5.74) is 2.73. The minimum absolute atomic E-state index is 0.0168. The fourth-order valence-electron chi connectivity index (χ4n) is 2.68. The van der Waals surface area contributed by atoms with Crippen molar-refractivity contribution in [3.63, 3.8) is 0 Å². The van der Waals surface area contributed by atoms with Gasteiger partial charge in [0.1, 0.15) is 5.25 Å². The van der Waals surface area contributed by atoms with Crippen molar-refractivity contribution < 1.29 is 19.1 Å². The molecule has 1 aliphatic rings. The molecule has 0 unspecified atom stereocenters. The molecule has 2 N–H and O–H groups in total. The predicted octanol–water partition coefficient (Wildman–Crippen LogP) is 3.42. The minimum atomic E-state index is -0.545. The molecule has 1 heterocycles. The van der Waals surface area contributed by atoms with Gasteiger partial charge in [-0.25, -0.2) is 9.79 Å². The number of esters is 1. The fraction of sp³-hybridized carbons (Fsp3) is 0.238. The Morgan fingerprint density at radius 1 is 1.17 bits per heavy atom. The van der Waals surface area contributed by atoms with E-state index in [1.165, 1.54) is 11.8 Å². The molecular weight excluding hydrogens is 390 g/mol. The molecule has 1 atom stereocenters. The van der Waals surface area contributed by atoms with E-state index in [2.05, 4.69) is 15.6 Å². The van der Waals surface area contributed by atoms with Crippen molar-refractivity contribution in [2.75, 3.05) is 11.9 Å². The van der Waals surface area contributed by atoms with Crippen LogP contribution in [0.15, 0.2) is 53.5 Å². The second-order valence-electron chi connectivity index (χ2n) is 6.35. The van der Waals surface area contributed by atoms with Crippen LogP contribution in [-0.4, -0.2) is 34.8 Å². The van der Waals surface area contributed by atoms with Crippen LogP contribution >= 0.6 is 11.8 Å². The topological polar surface area (TPSA) is 96.9 Å². The largest absolute Gasteiger partial charge is 0.462 e. The van der Waals surface area contributed by atoms with Gasteiger partial charge in [0.2, 0.25) is 11.8 Å². The van der Waals surface area contributed by atoms with E-state index in [0.717, 1.165) is 11.3 Å². The standard InChI is InChI=1S/C21H21N3O4S/c1-3-28-20(27)14-8-10-15(11-9-14)22-18(25)12-17-19(26)24-21(29-17)23-16-7-5-4-6-13(16)2/h4-11,17H,3,12H2,1-2H3,(H,22,25)(H,23,24,26)/t17-/m0/s1. The molecule has 0 aliphatic carbocycles.